The van der Waals surface area contributed by atoms with Crippen molar-refractivity contribution >= 4 is 17.3 Å². The third-order valence-electron chi connectivity index (χ3n) is 4.39. The van der Waals surface area contributed by atoms with Crippen LogP contribution in [0.2, 0.25) is 0 Å². The second kappa shape index (κ2) is 6.66. The zero-order chi connectivity index (χ0) is 18.0. The molecule has 0 bridgehead atoms. The summed E-state index contributed by atoms with van der Waals surface area (Å²) in [6.07, 6.45) is 0.358. The van der Waals surface area contributed by atoms with Gasteiger partial charge in [-0.2, -0.15) is 0 Å². The lowest BCUT2D eigenvalue weighted by molar-refractivity contribution is -0.145. The van der Waals surface area contributed by atoms with Crippen LogP contribution in [0.15, 0.2) is 30.3 Å². The monoisotopic (exact) mass is 340 g/mol. The molecule has 0 N–H and O–H groups in total. The molecule has 1 saturated carbocycles. The number of benzene rings is 1. The summed E-state index contributed by atoms with van der Waals surface area (Å²) in [5.41, 5.74) is 0.620. The Balaban J connectivity index is 1.73. The number of tetrazole rings is 1. The molecule has 1 heterocycles. The van der Waals surface area contributed by atoms with Crippen molar-refractivity contribution in [2.24, 2.45) is 11.3 Å². The van der Waals surface area contributed by atoms with Crippen LogP contribution in [0.5, 0.6) is 0 Å². The van der Waals surface area contributed by atoms with Crippen LogP contribution in [-0.2, 0) is 27.3 Å². The summed E-state index contributed by atoms with van der Waals surface area (Å²) in [7, 11) is 0. The zero-order valence-corrected chi connectivity index (χ0v) is 14.3. The van der Waals surface area contributed by atoms with Gasteiger partial charge in [0.25, 0.3) is 0 Å². The lowest BCUT2D eigenvalue weighted by atomic mass is 9.70. The Labute approximate surface area is 145 Å². The Morgan fingerprint density at radius 2 is 1.80 bits per heavy atom. The standard InChI is InChI=1S/C18H20N4O3/c1-18(2)9-14(24)17(15(25)10-18)13(23)8-16-19-20-21-22(16)11-12-6-4-3-5-7-12/h3-7,17H,8-11H2,1-2H3. The molecule has 1 fully saturated rings. The fourth-order valence-electron chi connectivity index (χ4n) is 3.24. The van der Waals surface area contributed by atoms with Crippen LogP contribution in [0.3, 0.4) is 0 Å². The van der Waals surface area contributed by atoms with E-state index in [4.69, 9.17) is 0 Å². The van der Waals surface area contributed by atoms with Crippen molar-refractivity contribution in [1.29, 1.82) is 0 Å². The van der Waals surface area contributed by atoms with Gasteiger partial charge in [0.2, 0.25) is 0 Å². The molecular weight excluding hydrogens is 320 g/mol. The molecule has 0 aliphatic heterocycles. The third-order valence-corrected chi connectivity index (χ3v) is 4.39. The Bertz CT molecular complexity index is 791. The maximum Gasteiger partial charge on any atom is 0.159 e. The number of hydrogen-bond acceptors (Lipinski definition) is 6. The van der Waals surface area contributed by atoms with E-state index in [1.54, 1.807) is 0 Å². The van der Waals surface area contributed by atoms with Crippen LogP contribution >= 0.6 is 0 Å². The lowest BCUT2D eigenvalue weighted by Gasteiger charge is -2.31. The van der Waals surface area contributed by atoms with Crippen LogP contribution in [0.4, 0.5) is 0 Å². The van der Waals surface area contributed by atoms with Gasteiger partial charge in [0.05, 0.1) is 13.0 Å². The smallest absolute Gasteiger partial charge is 0.159 e. The molecule has 7 heteroatoms. The number of aromatic nitrogens is 4. The summed E-state index contributed by atoms with van der Waals surface area (Å²) in [6, 6.07) is 9.60. The van der Waals surface area contributed by atoms with Gasteiger partial charge < -0.3 is 0 Å². The first-order chi connectivity index (χ1) is 11.9. The van der Waals surface area contributed by atoms with E-state index in [1.807, 2.05) is 44.2 Å². The second-order valence-electron chi connectivity index (χ2n) is 7.26. The van der Waals surface area contributed by atoms with E-state index >= 15 is 0 Å². The summed E-state index contributed by atoms with van der Waals surface area (Å²) in [5, 5.41) is 11.4. The maximum absolute atomic E-state index is 12.6. The molecule has 0 amide bonds. The molecule has 0 radical (unpaired) electrons. The largest absolute Gasteiger partial charge is 0.298 e. The average Bonchev–Trinajstić information content (AvgIpc) is 2.93. The topological polar surface area (TPSA) is 94.8 Å². The van der Waals surface area contributed by atoms with Crippen molar-refractivity contribution in [2.75, 3.05) is 0 Å². The molecular formula is C18H20N4O3. The highest BCUT2D eigenvalue weighted by Gasteiger charge is 2.43. The Hall–Kier alpha value is -2.70. The predicted molar refractivity (Wildman–Crippen MR) is 88.6 cm³/mol. The number of carbonyl (C=O) groups excluding carboxylic acids is 3. The molecule has 1 aliphatic carbocycles. The molecule has 0 atom stereocenters. The number of rotatable bonds is 5. The van der Waals surface area contributed by atoms with Gasteiger partial charge in [-0.3, -0.25) is 14.4 Å². The van der Waals surface area contributed by atoms with E-state index in [9.17, 15) is 14.4 Å². The average molecular weight is 340 g/mol. The summed E-state index contributed by atoms with van der Waals surface area (Å²) in [4.78, 5) is 37.1. The van der Waals surface area contributed by atoms with E-state index in [2.05, 4.69) is 15.5 Å². The number of ketones is 3. The Kier molecular flexibility index (Phi) is 4.57. The minimum absolute atomic E-state index is 0.123. The quantitative estimate of drug-likeness (QED) is 0.764. The minimum atomic E-state index is -1.17. The van der Waals surface area contributed by atoms with E-state index < -0.39 is 11.7 Å². The van der Waals surface area contributed by atoms with Gasteiger partial charge >= 0.3 is 0 Å². The van der Waals surface area contributed by atoms with Gasteiger partial charge in [0.15, 0.2) is 23.2 Å². The van der Waals surface area contributed by atoms with Crippen molar-refractivity contribution < 1.29 is 14.4 Å². The molecule has 7 nitrogen and oxygen atoms in total. The first kappa shape index (κ1) is 17.1. The van der Waals surface area contributed by atoms with Crippen molar-refractivity contribution in [2.45, 2.75) is 39.7 Å². The number of hydrogen-bond donors (Lipinski definition) is 0. The fourth-order valence-corrected chi connectivity index (χ4v) is 3.24. The highest BCUT2D eigenvalue weighted by atomic mass is 16.2. The minimum Gasteiger partial charge on any atom is -0.298 e. The number of nitrogens with zero attached hydrogens (tertiary/aromatic N) is 4. The summed E-state index contributed by atoms with van der Waals surface area (Å²) >= 11 is 0. The molecule has 2 aromatic rings. The molecule has 3 rings (SSSR count). The number of carbonyl (C=O) groups is 3. The van der Waals surface area contributed by atoms with Gasteiger partial charge in [-0.15, -0.1) is 5.10 Å². The molecule has 1 aromatic carbocycles. The van der Waals surface area contributed by atoms with Crippen molar-refractivity contribution in [3.63, 3.8) is 0 Å². The van der Waals surface area contributed by atoms with Gasteiger partial charge in [-0.25, -0.2) is 4.68 Å². The van der Waals surface area contributed by atoms with Crippen LogP contribution < -0.4 is 0 Å². The summed E-state index contributed by atoms with van der Waals surface area (Å²) < 4.78 is 1.52. The summed E-state index contributed by atoms with van der Waals surface area (Å²) in [6.45, 7) is 4.16. The number of Topliss-reactive ketones (excluding diaryl/α,β-unsaturated/α-hetero) is 3. The second-order valence-corrected chi connectivity index (χ2v) is 7.26. The zero-order valence-electron chi connectivity index (χ0n) is 14.3. The van der Waals surface area contributed by atoms with Crippen LogP contribution in [0.25, 0.3) is 0 Å². The SMILES string of the molecule is CC1(C)CC(=O)C(C(=O)Cc2nnnn2Cc2ccccc2)C(=O)C1. The molecule has 25 heavy (non-hydrogen) atoms. The van der Waals surface area contributed by atoms with Crippen LogP contribution in [0, 0.1) is 11.3 Å². The highest BCUT2D eigenvalue weighted by molar-refractivity contribution is 6.21. The van der Waals surface area contributed by atoms with Crippen LogP contribution in [0.1, 0.15) is 38.1 Å². The lowest BCUT2D eigenvalue weighted by Crippen LogP contribution is -2.42. The van der Waals surface area contributed by atoms with Crippen molar-refractivity contribution in [3.8, 4) is 0 Å². The third kappa shape index (κ3) is 3.87. The molecule has 1 aromatic heterocycles. The van der Waals surface area contributed by atoms with Crippen LogP contribution in [-0.4, -0.2) is 37.6 Å². The van der Waals surface area contributed by atoms with E-state index in [-0.39, 0.29) is 36.2 Å². The van der Waals surface area contributed by atoms with E-state index in [0.29, 0.717) is 12.4 Å². The molecule has 0 unspecified atom stereocenters. The van der Waals surface area contributed by atoms with Gasteiger partial charge in [-0.1, -0.05) is 44.2 Å². The highest BCUT2D eigenvalue weighted by Crippen LogP contribution is 2.34. The van der Waals surface area contributed by atoms with E-state index in [1.165, 1.54) is 4.68 Å². The van der Waals surface area contributed by atoms with Crippen molar-refractivity contribution in [3.05, 3.63) is 41.7 Å². The molecule has 0 spiro atoms. The molecule has 1 aliphatic rings. The Morgan fingerprint density at radius 3 is 2.44 bits per heavy atom. The predicted octanol–water partition coefficient (Wildman–Crippen LogP) is 1.41. The van der Waals surface area contributed by atoms with Gasteiger partial charge in [0, 0.05) is 12.8 Å². The van der Waals surface area contributed by atoms with Gasteiger partial charge in [0.1, 0.15) is 5.92 Å². The first-order valence-corrected chi connectivity index (χ1v) is 8.23. The van der Waals surface area contributed by atoms with Crippen molar-refractivity contribution in [1.82, 2.24) is 20.2 Å². The molecule has 130 valence electrons. The normalized spacial score (nSPS) is 17.7. The van der Waals surface area contributed by atoms with E-state index in [0.717, 1.165) is 5.56 Å². The Morgan fingerprint density at radius 1 is 1.16 bits per heavy atom. The summed E-state index contributed by atoms with van der Waals surface area (Å²) in [5.74, 6) is -1.83. The maximum atomic E-state index is 12.6. The molecule has 0 saturated heterocycles. The first-order valence-electron chi connectivity index (χ1n) is 8.23. The fraction of sp³-hybridized carbons (Fsp3) is 0.444. The van der Waals surface area contributed by atoms with Gasteiger partial charge in [-0.05, 0) is 21.4 Å².